The van der Waals surface area contributed by atoms with Gasteiger partial charge in [-0.25, -0.2) is 17.8 Å². The van der Waals surface area contributed by atoms with Gasteiger partial charge in [-0.2, -0.15) is 0 Å². The number of guanidine groups is 1. The quantitative estimate of drug-likeness (QED) is 0.447. The monoisotopic (exact) mass is 418 g/mol. The van der Waals surface area contributed by atoms with Gasteiger partial charge in [0.2, 0.25) is 0 Å². The summed E-state index contributed by atoms with van der Waals surface area (Å²) in [5.41, 5.74) is 1.81. The predicted molar refractivity (Wildman–Crippen MR) is 110 cm³/mol. The van der Waals surface area contributed by atoms with Gasteiger partial charge in [0.15, 0.2) is 27.3 Å². The van der Waals surface area contributed by atoms with Gasteiger partial charge in [-0.1, -0.05) is 12.1 Å². The van der Waals surface area contributed by atoms with E-state index in [9.17, 15) is 12.8 Å². The second-order valence-corrected chi connectivity index (χ2v) is 8.72. The van der Waals surface area contributed by atoms with E-state index < -0.39 is 15.7 Å². The number of fused-ring (bicyclic) bond motifs is 1. The molecule has 3 rings (SSSR count). The van der Waals surface area contributed by atoms with Gasteiger partial charge in [0, 0.05) is 19.0 Å². The highest BCUT2D eigenvalue weighted by Crippen LogP contribution is 2.15. The van der Waals surface area contributed by atoms with E-state index in [0.29, 0.717) is 30.2 Å². The molecule has 0 spiro atoms. The first-order valence-electron chi connectivity index (χ1n) is 9.11. The van der Waals surface area contributed by atoms with Crippen LogP contribution < -0.4 is 10.6 Å². The zero-order valence-electron chi connectivity index (χ0n) is 16.3. The summed E-state index contributed by atoms with van der Waals surface area (Å²) in [5.74, 6) is 0.637. The highest BCUT2D eigenvalue weighted by Gasteiger charge is 2.11. The number of nitrogens with one attached hydrogen (secondary N) is 2. The smallest absolute Gasteiger partial charge is 0.191 e. The van der Waals surface area contributed by atoms with E-state index in [4.69, 9.17) is 0 Å². The normalized spacial score (nSPS) is 12.3. The van der Waals surface area contributed by atoms with Crippen molar-refractivity contribution in [2.24, 2.45) is 4.99 Å². The number of sulfone groups is 1. The minimum atomic E-state index is -3.24. The molecule has 3 aromatic rings. The minimum absolute atomic E-state index is 0.137. The van der Waals surface area contributed by atoms with Gasteiger partial charge in [0.1, 0.15) is 5.82 Å². The molecule has 8 nitrogen and oxygen atoms in total. The van der Waals surface area contributed by atoms with Crippen molar-refractivity contribution in [3.05, 3.63) is 65.4 Å². The van der Waals surface area contributed by atoms with Crippen molar-refractivity contribution in [1.29, 1.82) is 0 Å². The molecule has 0 atom stereocenters. The third-order valence-corrected chi connectivity index (χ3v) is 4.97. The lowest BCUT2D eigenvalue weighted by molar-refractivity contribution is 0.600. The van der Waals surface area contributed by atoms with Crippen LogP contribution in [0.3, 0.4) is 0 Å². The molecule has 0 bridgehead atoms. The fourth-order valence-corrected chi connectivity index (χ4v) is 3.69. The fourth-order valence-electron chi connectivity index (χ4n) is 2.85. The van der Waals surface area contributed by atoms with Crippen LogP contribution in [0.2, 0.25) is 0 Å². The molecular formula is C19H23FN6O2S. The lowest BCUT2D eigenvalue weighted by Gasteiger charge is -2.12. The zero-order valence-corrected chi connectivity index (χ0v) is 17.1. The van der Waals surface area contributed by atoms with Crippen molar-refractivity contribution in [3.8, 4) is 0 Å². The van der Waals surface area contributed by atoms with Gasteiger partial charge < -0.3 is 10.6 Å². The Morgan fingerprint density at radius 2 is 2.00 bits per heavy atom. The number of benzene rings is 1. The average molecular weight is 418 g/mol. The molecule has 0 radical (unpaired) electrons. The number of halogens is 1. The molecule has 0 amide bonds. The maximum Gasteiger partial charge on any atom is 0.191 e. The molecule has 0 fully saturated rings. The Labute approximate surface area is 168 Å². The van der Waals surface area contributed by atoms with Crippen LogP contribution in [-0.2, 0) is 28.7 Å². The molecule has 0 unspecified atom stereocenters. The fraction of sp³-hybridized carbons (Fsp3) is 0.316. The van der Waals surface area contributed by atoms with Gasteiger partial charge in [-0.15, -0.1) is 10.2 Å². The van der Waals surface area contributed by atoms with Crippen LogP contribution in [0.15, 0.2) is 47.6 Å². The molecule has 0 saturated carbocycles. The number of aromatic nitrogens is 3. The lowest BCUT2D eigenvalue weighted by atomic mass is 10.1. The van der Waals surface area contributed by atoms with Gasteiger partial charge >= 0.3 is 0 Å². The molecular weight excluding hydrogens is 395 g/mol. The van der Waals surface area contributed by atoms with Crippen molar-refractivity contribution in [3.63, 3.8) is 0 Å². The third kappa shape index (κ3) is 5.74. The number of hydrogen-bond donors (Lipinski definition) is 2. The van der Waals surface area contributed by atoms with Crippen LogP contribution in [0.1, 0.15) is 23.9 Å². The van der Waals surface area contributed by atoms with Crippen molar-refractivity contribution < 1.29 is 12.8 Å². The lowest BCUT2D eigenvalue weighted by Crippen LogP contribution is -2.37. The predicted octanol–water partition coefficient (Wildman–Crippen LogP) is 1.67. The molecule has 2 N–H and O–H groups in total. The van der Waals surface area contributed by atoms with Gasteiger partial charge in [0.25, 0.3) is 0 Å². The zero-order chi connectivity index (χ0) is 20.9. The molecule has 0 aliphatic carbocycles. The molecule has 0 saturated heterocycles. The maximum atomic E-state index is 13.7. The van der Waals surface area contributed by atoms with Crippen LogP contribution in [0.25, 0.3) is 5.65 Å². The standard InChI is InChI=1S/C19H23FN6O2S/c1-3-21-19(23-12-18-25-24-17-6-4-5-9-26(17)18)22-11-15-10-16(20)8-7-14(15)13-29(2,27)28/h4-10H,3,11-13H2,1-2H3,(H2,21,22,23). The summed E-state index contributed by atoms with van der Waals surface area (Å²) in [7, 11) is -3.24. The van der Waals surface area contributed by atoms with Crippen LogP contribution >= 0.6 is 0 Å². The summed E-state index contributed by atoms with van der Waals surface area (Å²) in [4.78, 5) is 4.47. The van der Waals surface area contributed by atoms with E-state index >= 15 is 0 Å². The molecule has 154 valence electrons. The Kier molecular flexibility index (Phi) is 6.42. The Bertz CT molecular complexity index is 1130. The van der Waals surface area contributed by atoms with Gasteiger partial charge in [-0.05, 0) is 42.3 Å². The highest BCUT2D eigenvalue weighted by molar-refractivity contribution is 7.89. The Morgan fingerprint density at radius 1 is 1.17 bits per heavy atom. The van der Waals surface area contributed by atoms with E-state index in [2.05, 4.69) is 25.8 Å². The number of aliphatic imine (C=N–C) groups is 1. The topological polar surface area (TPSA) is 101 Å². The van der Waals surface area contributed by atoms with E-state index in [0.717, 1.165) is 17.7 Å². The SMILES string of the molecule is CCNC(=NCc1cc(F)ccc1CS(C)(=O)=O)NCc1nnc2ccccn12. The second kappa shape index (κ2) is 8.99. The van der Waals surface area contributed by atoms with E-state index in [1.54, 1.807) is 0 Å². The largest absolute Gasteiger partial charge is 0.357 e. The molecule has 1 aromatic carbocycles. The number of hydrogen-bond acceptors (Lipinski definition) is 5. The first kappa shape index (κ1) is 20.7. The van der Waals surface area contributed by atoms with E-state index in [1.807, 2.05) is 35.7 Å². The Morgan fingerprint density at radius 3 is 2.76 bits per heavy atom. The van der Waals surface area contributed by atoms with Crippen LogP contribution in [-0.4, -0.2) is 41.8 Å². The van der Waals surface area contributed by atoms with E-state index in [1.165, 1.54) is 18.2 Å². The summed E-state index contributed by atoms with van der Waals surface area (Å²) in [5, 5.41) is 14.6. The van der Waals surface area contributed by atoms with Crippen molar-refractivity contribution in [2.75, 3.05) is 12.8 Å². The van der Waals surface area contributed by atoms with E-state index in [-0.39, 0.29) is 12.3 Å². The summed E-state index contributed by atoms with van der Waals surface area (Å²) >= 11 is 0. The maximum absolute atomic E-state index is 13.7. The molecule has 2 aromatic heterocycles. The first-order chi connectivity index (χ1) is 13.9. The van der Waals surface area contributed by atoms with Crippen LogP contribution in [0.5, 0.6) is 0 Å². The van der Waals surface area contributed by atoms with Crippen LogP contribution in [0.4, 0.5) is 4.39 Å². The Balaban J connectivity index is 1.76. The molecule has 2 heterocycles. The number of rotatable bonds is 7. The summed E-state index contributed by atoms with van der Waals surface area (Å²) in [6, 6.07) is 9.71. The molecule has 0 aliphatic rings. The minimum Gasteiger partial charge on any atom is -0.357 e. The van der Waals surface area contributed by atoms with Gasteiger partial charge in [0.05, 0.1) is 18.8 Å². The molecule has 29 heavy (non-hydrogen) atoms. The summed E-state index contributed by atoms with van der Waals surface area (Å²) < 4.78 is 38.9. The second-order valence-electron chi connectivity index (χ2n) is 6.58. The summed E-state index contributed by atoms with van der Waals surface area (Å²) in [6.45, 7) is 3.08. The first-order valence-corrected chi connectivity index (χ1v) is 11.2. The Hall–Kier alpha value is -3.01. The molecule has 10 heteroatoms. The van der Waals surface area contributed by atoms with Crippen LogP contribution in [0, 0.1) is 5.82 Å². The third-order valence-electron chi connectivity index (χ3n) is 4.14. The molecule has 0 aliphatic heterocycles. The number of nitrogens with zero attached hydrogens (tertiary/aromatic N) is 4. The average Bonchev–Trinajstić information content (AvgIpc) is 3.08. The summed E-state index contributed by atoms with van der Waals surface area (Å²) in [6.07, 6.45) is 3.03. The number of pyridine rings is 1. The highest BCUT2D eigenvalue weighted by atomic mass is 32.2. The van der Waals surface area contributed by atoms with Crippen molar-refractivity contribution in [2.45, 2.75) is 25.8 Å². The van der Waals surface area contributed by atoms with Gasteiger partial charge in [-0.3, -0.25) is 4.40 Å². The van der Waals surface area contributed by atoms with Crippen molar-refractivity contribution >= 4 is 21.4 Å². The van der Waals surface area contributed by atoms with Crippen molar-refractivity contribution in [1.82, 2.24) is 25.2 Å².